The zero-order valence-corrected chi connectivity index (χ0v) is 17.1. The first-order valence-electron chi connectivity index (χ1n) is 9.31. The number of benzene rings is 2. The molecule has 2 aliphatic rings. The van der Waals surface area contributed by atoms with Gasteiger partial charge in [0, 0.05) is 44.3 Å². The van der Waals surface area contributed by atoms with Gasteiger partial charge in [-0.1, -0.05) is 17.7 Å². The van der Waals surface area contributed by atoms with Crippen LogP contribution in [-0.2, 0) is 16.4 Å². The van der Waals surface area contributed by atoms with Gasteiger partial charge in [0.25, 0.3) is 0 Å². The van der Waals surface area contributed by atoms with Crippen molar-refractivity contribution in [3.8, 4) is 11.5 Å². The van der Waals surface area contributed by atoms with Crippen LogP contribution in [0.1, 0.15) is 5.56 Å². The first kappa shape index (κ1) is 19.5. The van der Waals surface area contributed by atoms with Crippen LogP contribution < -0.4 is 9.47 Å². The molecule has 0 amide bonds. The minimum Gasteiger partial charge on any atom is -0.454 e. The monoisotopic (exact) mass is 422 g/mol. The van der Waals surface area contributed by atoms with Gasteiger partial charge in [0.05, 0.1) is 10.6 Å². The second kappa shape index (κ2) is 8.29. The summed E-state index contributed by atoms with van der Waals surface area (Å²) in [4.78, 5) is 4.92. The molecule has 2 aromatic carbocycles. The fourth-order valence-corrected chi connectivity index (χ4v) is 4.89. The molecule has 0 aromatic heterocycles. The third-order valence-corrected chi connectivity index (χ3v) is 7.12. The maximum atomic E-state index is 12.5. The largest absolute Gasteiger partial charge is 0.454 e. The number of nitrogens with zero attached hydrogens (tertiary/aromatic N) is 2. The summed E-state index contributed by atoms with van der Waals surface area (Å²) in [5, 5.41) is 0.539. The number of hydrogen-bond donors (Lipinski definition) is 0. The van der Waals surface area contributed by atoms with Gasteiger partial charge in [-0.3, -0.25) is 9.80 Å². The number of halogens is 1. The topological polar surface area (TPSA) is 59.1 Å². The zero-order valence-electron chi connectivity index (χ0n) is 15.5. The van der Waals surface area contributed by atoms with Gasteiger partial charge in [0.2, 0.25) is 6.79 Å². The summed E-state index contributed by atoms with van der Waals surface area (Å²) < 4.78 is 35.8. The molecule has 1 saturated heterocycles. The molecule has 1 fully saturated rings. The summed E-state index contributed by atoms with van der Waals surface area (Å²) in [5.74, 6) is 1.73. The average molecular weight is 423 g/mol. The second-order valence-electron chi connectivity index (χ2n) is 7.08. The normalized spacial score (nSPS) is 17.8. The van der Waals surface area contributed by atoms with Crippen LogP contribution in [0.25, 0.3) is 0 Å². The van der Waals surface area contributed by atoms with E-state index in [1.54, 1.807) is 24.3 Å². The van der Waals surface area contributed by atoms with Crippen LogP contribution in [-0.4, -0.2) is 63.5 Å². The van der Waals surface area contributed by atoms with Gasteiger partial charge in [0.1, 0.15) is 0 Å². The van der Waals surface area contributed by atoms with Crippen molar-refractivity contribution in [1.82, 2.24) is 9.80 Å². The van der Waals surface area contributed by atoms with Crippen molar-refractivity contribution >= 4 is 21.4 Å². The average Bonchev–Trinajstić information content (AvgIpc) is 3.16. The highest BCUT2D eigenvalue weighted by Gasteiger charge is 2.21. The Morgan fingerprint density at radius 1 is 0.893 bits per heavy atom. The van der Waals surface area contributed by atoms with E-state index in [0.717, 1.165) is 44.2 Å². The van der Waals surface area contributed by atoms with Crippen molar-refractivity contribution in [2.45, 2.75) is 11.4 Å². The lowest BCUT2D eigenvalue weighted by Crippen LogP contribution is -2.47. The van der Waals surface area contributed by atoms with Gasteiger partial charge in [0.15, 0.2) is 21.3 Å². The third kappa shape index (κ3) is 4.60. The van der Waals surface area contributed by atoms with Crippen molar-refractivity contribution in [2.24, 2.45) is 0 Å². The Kier molecular flexibility index (Phi) is 5.78. The Hall–Kier alpha value is -1.80. The Morgan fingerprint density at radius 2 is 1.57 bits per heavy atom. The van der Waals surface area contributed by atoms with Crippen LogP contribution in [0.4, 0.5) is 0 Å². The summed E-state index contributed by atoms with van der Waals surface area (Å²) in [6.45, 7) is 5.24. The Morgan fingerprint density at radius 3 is 2.32 bits per heavy atom. The highest BCUT2D eigenvalue weighted by molar-refractivity contribution is 7.91. The number of ether oxygens (including phenoxy) is 2. The number of fused-ring (bicyclic) bond motifs is 1. The molecule has 6 nitrogen and oxygen atoms in total. The van der Waals surface area contributed by atoms with Crippen LogP contribution in [0.2, 0.25) is 5.02 Å². The van der Waals surface area contributed by atoms with Crippen molar-refractivity contribution in [2.75, 3.05) is 45.3 Å². The Bertz CT molecular complexity index is 926. The SMILES string of the molecule is O=S(=O)(CCN1CCN(Cc2ccc3c(c2)OCO3)CC1)c1ccc(Cl)cc1. The van der Waals surface area contributed by atoms with Crippen molar-refractivity contribution < 1.29 is 17.9 Å². The van der Waals surface area contributed by atoms with E-state index in [0.29, 0.717) is 16.5 Å². The molecular formula is C20H23ClN2O4S. The minimum absolute atomic E-state index is 0.122. The standard InChI is InChI=1S/C20H23ClN2O4S/c21-17-2-4-18(5-3-17)28(24,25)12-11-22-7-9-23(10-8-22)14-16-1-6-19-20(13-16)27-15-26-19/h1-6,13H,7-12,14-15H2. The van der Waals surface area contributed by atoms with E-state index in [1.165, 1.54) is 5.56 Å². The zero-order chi connectivity index (χ0) is 19.6. The van der Waals surface area contributed by atoms with Crippen LogP contribution in [0.3, 0.4) is 0 Å². The summed E-state index contributed by atoms with van der Waals surface area (Å²) in [7, 11) is -3.28. The van der Waals surface area contributed by atoms with E-state index < -0.39 is 9.84 Å². The molecule has 0 aliphatic carbocycles. The predicted octanol–water partition coefficient (Wildman–Crippen LogP) is 2.66. The van der Waals surface area contributed by atoms with Crippen LogP contribution in [0.5, 0.6) is 11.5 Å². The molecule has 2 aliphatic heterocycles. The molecule has 150 valence electrons. The molecule has 0 radical (unpaired) electrons. The fourth-order valence-electron chi connectivity index (χ4n) is 3.48. The molecule has 28 heavy (non-hydrogen) atoms. The molecule has 0 unspecified atom stereocenters. The molecule has 2 heterocycles. The smallest absolute Gasteiger partial charge is 0.231 e. The first-order valence-corrected chi connectivity index (χ1v) is 11.3. The van der Waals surface area contributed by atoms with Crippen molar-refractivity contribution in [1.29, 1.82) is 0 Å². The Labute approximate surface area is 170 Å². The van der Waals surface area contributed by atoms with Gasteiger partial charge in [-0.15, -0.1) is 0 Å². The lowest BCUT2D eigenvalue weighted by molar-refractivity contribution is 0.132. The maximum Gasteiger partial charge on any atom is 0.231 e. The summed E-state index contributed by atoms with van der Waals surface area (Å²) in [6.07, 6.45) is 0. The van der Waals surface area contributed by atoms with E-state index in [1.807, 2.05) is 12.1 Å². The van der Waals surface area contributed by atoms with Gasteiger partial charge in [-0.05, 0) is 42.0 Å². The van der Waals surface area contributed by atoms with E-state index in [2.05, 4.69) is 15.9 Å². The van der Waals surface area contributed by atoms with Crippen LogP contribution >= 0.6 is 11.6 Å². The van der Waals surface area contributed by atoms with Crippen molar-refractivity contribution in [3.05, 3.63) is 53.1 Å². The van der Waals surface area contributed by atoms with E-state index in [4.69, 9.17) is 21.1 Å². The summed E-state index contributed by atoms with van der Waals surface area (Å²) >= 11 is 5.84. The quantitative estimate of drug-likeness (QED) is 0.713. The highest BCUT2D eigenvalue weighted by Crippen LogP contribution is 2.32. The predicted molar refractivity (Wildman–Crippen MR) is 108 cm³/mol. The molecule has 0 saturated carbocycles. The van der Waals surface area contributed by atoms with Gasteiger partial charge < -0.3 is 9.47 Å². The van der Waals surface area contributed by atoms with E-state index >= 15 is 0 Å². The van der Waals surface area contributed by atoms with Crippen LogP contribution in [0.15, 0.2) is 47.4 Å². The first-order chi connectivity index (χ1) is 13.5. The van der Waals surface area contributed by atoms with Gasteiger partial charge >= 0.3 is 0 Å². The number of piperazine rings is 1. The number of hydrogen-bond acceptors (Lipinski definition) is 6. The second-order valence-corrected chi connectivity index (χ2v) is 9.62. The highest BCUT2D eigenvalue weighted by atomic mass is 35.5. The molecule has 2 aromatic rings. The lowest BCUT2D eigenvalue weighted by atomic mass is 10.1. The molecule has 0 N–H and O–H groups in total. The molecule has 0 spiro atoms. The summed E-state index contributed by atoms with van der Waals surface area (Å²) in [5.41, 5.74) is 1.20. The molecule has 8 heteroatoms. The number of sulfone groups is 1. The maximum absolute atomic E-state index is 12.5. The number of rotatable bonds is 6. The fraction of sp³-hybridized carbons (Fsp3) is 0.400. The van der Waals surface area contributed by atoms with E-state index in [-0.39, 0.29) is 12.5 Å². The summed E-state index contributed by atoms with van der Waals surface area (Å²) in [6, 6.07) is 12.4. The Balaban J connectivity index is 1.26. The van der Waals surface area contributed by atoms with Crippen molar-refractivity contribution in [3.63, 3.8) is 0 Å². The molecular weight excluding hydrogens is 400 g/mol. The third-order valence-electron chi connectivity index (χ3n) is 5.16. The van der Waals surface area contributed by atoms with E-state index in [9.17, 15) is 8.42 Å². The minimum atomic E-state index is -3.28. The van der Waals surface area contributed by atoms with Gasteiger partial charge in [-0.25, -0.2) is 8.42 Å². The van der Waals surface area contributed by atoms with Gasteiger partial charge in [-0.2, -0.15) is 0 Å². The van der Waals surface area contributed by atoms with Crippen LogP contribution in [0, 0.1) is 0 Å². The molecule has 0 atom stereocenters. The molecule has 4 rings (SSSR count). The lowest BCUT2D eigenvalue weighted by Gasteiger charge is -2.34. The molecule has 0 bridgehead atoms.